The van der Waals surface area contributed by atoms with Crippen LogP contribution < -0.4 is 4.90 Å². The molecule has 6 heteroatoms. The Morgan fingerprint density at radius 3 is 2.72 bits per heavy atom. The van der Waals surface area contributed by atoms with Crippen molar-refractivity contribution in [2.24, 2.45) is 5.92 Å². The molecular formula is C30H37N5O. The zero-order valence-corrected chi connectivity index (χ0v) is 21.7. The Hall–Kier alpha value is -3.20. The van der Waals surface area contributed by atoms with Gasteiger partial charge in [-0.2, -0.15) is 5.26 Å². The van der Waals surface area contributed by atoms with E-state index in [1.807, 2.05) is 12.1 Å². The van der Waals surface area contributed by atoms with Crippen LogP contribution in [0.2, 0.25) is 0 Å². The summed E-state index contributed by atoms with van der Waals surface area (Å²) in [6.45, 7) is 10.3. The highest BCUT2D eigenvalue weighted by atomic mass is 16.2. The fraction of sp³-hybridized carbons (Fsp3) is 0.533. The van der Waals surface area contributed by atoms with Gasteiger partial charge in [0.1, 0.15) is 11.9 Å². The topological polar surface area (TPSA) is 73.1 Å². The number of nitriles is 1. The maximum atomic E-state index is 13.1. The Bertz CT molecular complexity index is 1190. The number of hydrogen-bond acceptors (Lipinski definition) is 5. The van der Waals surface area contributed by atoms with Gasteiger partial charge in [-0.05, 0) is 74.3 Å². The second kappa shape index (κ2) is 10.4. The predicted octanol–water partition coefficient (Wildman–Crippen LogP) is 5.85. The lowest BCUT2D eigenvalue weighted by Gasteiger charge is -2.43. The molecule has 1 aliphatic heterocycles. The molecule has 0 aromatic carbocycles. The molecule has 2 aliphatic carbocycles. The van der Waals surface area contributed by atoms with Crippen molar-refractivity contribution in [1.82, 2.24) is 14.9 Å². The summed E-state index contributed by atoms with van der Waals surface area (Å²) in [6, 6.07) is 6.76. The highest BCUT2D eigenvalue weighted by Crippen LogP contribution is 2.47. The first kappa shape index (κ1) is 24.5. The van der Waals surface area contributed by atoms with Crippen LogP contribution >= 0.6 is 0 Å². The number of aromatic nitrogens is 2. The van der Waals surface area contributed by atoms with Crippen molar-refractivity contribution < 1.29 is 4.79 Å². The van der Waals surface area contributed by atoms with E-state index in [1.165, 1.54) is 12.8 Å². The van der Waals surface area contributed by atoms with E-state index in [-0.39, 0.29) is 6.04 Å². The van der Waals surface area contributed by atoms with E-state index in [1.54, 1.807) is 12.3 Å². The zero-order chi connectivity index (χ0) is 25.2. The first-order valence-corrected chi connectivity index (χ1v) is 13.6. The number of rotatable bonds is 9. The van der Waals surface area contributed by atoms with Gasteiger partial charge in [0.15, 0.2) is 0 Å². The van der Waals surface area contributed by atoms with E-state index in [4.69, 9.17) is 4.98 Å². The van der Waals surface area contributed by atoms with E-state index in [0.29, 0.717) is 36.3 Å². The Kier molecular flexibility index (Phi) is 7.09. The molecular weight excluding hydrogens is 446 g/mol. The third-order valence-corrected chi connectivity index (χ3v) is 8.01. The normalized spacial score (nSPS) is 19.8. The second-order valence-electron chi connectivity index (χ2n) is 10.7. The summed E-state index contributed by atoms with van der Waals surface area (Å²) < 4.78 is 0. The first-order chi connectivity index (χ1) is 17.5. The monoisotopic (exact) mass is 483 g/mol. The number of hydrogen-bond donors (Lipinski definition) is 0. The lowest BCUT2D eigenvalue weighted by Crippen LogP contribution is -2.56. The molecule has 1 amide bonds. The van der Waals surface area contributed by atoms with Crippen LogP contribution in [0.3, 0.4) is 0 Å². The molecule has 2 aromatic rings. The minimum atomic E-state index is 0.223. The van der Waals surface area contributed by atoms with E-state index in [0.717, 1.165) is 79.1 Å². The summed E-state index contributed by atoms with van der Waals surface area (Å²) >= 11 is 0. The smallest absolute Gasteiger partial charge is 0.222 e. The minimum absolute atomic E-state index is 0.223. The third-order valence-electron chi connectivity index (χ3n) is 8.01. The van der Waals surface area contributed by atoms with Gasteiger partial charge in [-0.3, -0.25) is 9.78 Å². The van der Waals surface area contributed by atoms with Gasteiger partial charge in [-0.15, -0.1) is 0 Å². The van der Waals surface area contributed by atoms with Crippen LogP contribution in [0.4, 0.5) is 5.82 Å². The summed E-state index contributed by atoms with van der Waals surface area (Å²) in [5, 5.41) is 10.3. The molecule has 0 radical (unpaired) electrons. The van der Waals surface area contributed by atoms with Crippen LogP contribution in [0, 0.1) is 24.2 Å². The number of carbonyl (C=O) groups excluding carboxylic acids is 1. The number of anilines is 1. The summed E-state index contributed by atoms with van der Waals surface area (Å²) in [6.07, 6.45) is 12.1. The van der Waals surface area contributed by atoms with Crippen molar-refractivity contribution in [2.75, 3.05) is 24.5 Å². The second-order valence-corrected chi connectivity index (χ2v) is 10.7. The molecule has 2 saturated carbocycles. The van der Waals surface area contributed by atoms with Gasteiger partial charge >= 0.3 is 0 Å². The molecule has 6 nitrogen and oxygen atoms in total. The summed E-state index contributed by atoms with van der Waals surface area (Å²) in [5.74, 6) is 2.12. The van der Waals surface area contributed by atoms with Crippen LogP contribution in [-0.4, -0.2) is 46.5 Å². The van der Waals surface area contributed by atoms with Gasteiger partial charge < -0.3 is 9.80 Å². The van der Waals surface area contributed by atoms with Crippen molar-refractivity contribution in [3.8, 4) is 17.2 Å². The molecule has 188 valence electrons. The van der Waals surface area contributed by atoms with Gasteiger partial charge in [0.05, 0.1) is 23.0 Å². The molecule has 36 heavy (non-hydrogen) atoms. The van der Waals surface area contributed by atoms with Crippen molar-refractivity contribution in [1.29, 1.82) is 5.26 Å². The fourth-order valence-electron chi connectivity index (χ4n) is 5.67. The van der Waals surface area contributed by atoms with E-state index >= 15 is 0 Å². The Balaban J connectivity index is 1.48. The van der Waals surface area contributed by atoms with Crippen LogP contribution in [-0.2, 0) is 4.79 Å². The highest BCUT2D eigenvalue weighted by molar-refractivity contribution is 5.79. The largest absolute Gasteiger partial charge is 0.352 e. The standard InChI is InChI=1S/C30H37N5O/c1-4-6-7-8-27(36)35-16-15-34(19-26(35)21-9-10-21)30-25(18-31)20(3)28(29(33-30)22-11-12-22)23-13-14-32-24(5-2)17-23/h5,13-14,17,21-22,26H,2,4,6-12,15-16,19H2,1,3H3. The molecule has 0 bridgehead atoms. The number of piperazine rings is 1. The zero-order valence-electron chi connectivity index (χ0n) is 21.7. The lowest BCUT2D eigenvalue weighted by molar-refractivity contribution is -0.134. The van der Waals surface area contributed by atoms with Crippen molar-refractivity contribution in [2.45, 2.75) is 77.2 Å². The van der Waals surface area contributed by atoms with E-state index < -0.39 is 0 Å². The fourth-order valence-corrected chi connectivity index (χ4v) is 5.67. The average molecular weight is 484 g/mol. The predicted molar refractivity (Wildman–Crippen MR) is 144 cm³/mol. The molecule has 3 fully saturated rings. The van der Waals surface area contributed by atoms with Gasteiger partial charge in [0.2, 0.25) is 5.91 Å². The van der Waals surface area contributed by atoms with Crippen molar-refractivity contribution in [3.63, 3.8) is 0 Å². The molecule has 1 saturated heterocycles. The van der Waals surface area contributed by atoms with Crippen molar-refractivity contribution in [3.05, 3.63) is 47.4 Å². The van der Waals surface area contributed by atoms with Crippen LogP contribution in [0.25, 0.3) is 17.2 Å². The SMILES string of the molecule is C=Cc1cc(-c2c(C3CC3)nc(N3CCN(C(=O)CCCCC)C(C4CC4)C3)c(C#N)c2C)ccn1. The number of unbranched alkanes of at least 4 members (excludes halogenated alkanes) is 2. The molecule has 1 unspecified atom stereocenters. The van der Waals surface area contributed by atoms with Crippen LogP contribution in [0.15, 0.2) is 24.9 Å². The quantitative estimate of drug-likeness (QED) is 0.418. The van der Waals surface area contributed by atoms with Gasteiger partial charge in [-0.1, -0.05) is 26.3 Å². The third kappa shape index (κ3) is 4.89. The number of carbonyl (C=O) groups is 1. The molecule has 1 atom stereocenters. The molecule has 5 rings (SSSR count). The summed E-state index contributed by atoms with van der Waals surface area (Å²) in [5.41, 5.74) is 5.70. The van der Waals surface area contributed by atoms with Crippen molar-refractivity contribution >= 4 is 17.8 Å². The average Bonchev–Trinajstić information content (AvgIpc) is 3.81. The minimum Gasteiger partial charge on any atom is -0.352 e. The van der Waals surface area contributed by atoms with E-state index in [2.05, 4.69) is 41.3 Å². The maximum Gasteiger partial charge on any atom is 0.222 e. The molecule has 3 heterocycles. The first-order valence-electron chi connectivity index (χ1n) is 13.6. The lowest BCUT2D eigenvalue weighted by atomic mass is 9.93. The summed E-state index contributed by atoms with van der Waals surface area (Å²) in [4.78, 5) is 27.1. The van der Waals surface area contributed by atoms with E-state index in [9.17, 15) is 10.1 Å². The van der Waals surface area contributed by atoms with Crippen LogP contribution in [0.1, 0.15) is 86.7 Å². The van der Waals surface area contributed by atoms with Gasteiger partial charge in [0, 0.05) is 43.7 Å². The van der Waals surface area contributed by atoms with Gasteiger partial charge in [0.25, 0.3) is 0 Å². The van der Waals surface area contributed by atoms with Crippen LogP contribution in [0.5, 0.6) is 0 Å². The highest BCUT2D eigenvalue weighted by Gasteiger charge is 2.42. The maximum absolute atomic E-state index is 13.1. The molecule has 2 aromatic heterocycles. The molecule has 0 N–H and O–H groups in total. The number of pyridine rings is 2. The summed E-state index contributed by atoms with van der Waals surface area (Å²) in [7, 11) is 0. The Morgan fingerprint density at radius 1 is 1.25 bits per heavy atom. The Labute approximate surface area is 215 Å². The number of amides is 1. The van der Waals surface area contributed by atoms with Gasteiger partial charge in [-0.25, -0.2) is 4.98 Å². The number of nitrogens with zero attached hydrogens (tertiary/aromatic N) is 5. The molecule has 0 spiro atoms. The molecule has 3 aliphatic rings. The Morgan fingerprint density at radius 2 is 2.06 bits per heavy atom.